The summed E-state index contributed by atoms with van der Waals surface area (Å²) in [4.78, 5) is 1.99. The fraction of sp³-hybridized carbons (Fsp3) is 0.0714. The van der Waals surface area contributed by atoms with Crippen molar-refractivity contribution in [3.8, 4) is 11.5 Å². The number of hydrogen-bond donors (Lipinski definition) is 1. The van der Waals surface area contributed by atoms with Gasteiger partial charge in [-0.15, -0.1) is 0 Å². The Hall–Kier alpha value is -2.61. The van der Waals surface area contributed by atoms with Crippen molar-refractivity contribution in [1.29, 1.82) is 0 Å². The number of hydrazone groups is 1. The van der Waals surface area contributed by atoms with Crippen molar-refractivity contribution < 1.29 is 22.3 Å². The molecule has 0 bridgehead atoms. The number of nitrogens with zero attached hydrogens (tertiary/aromatic N) is 1. The lowest BCUT2D eigenvalue weighted by Crippen LogP contribution is -2.18. The molecule has 0 aliphatic carbocycles. The molecule has 1 aliphatic rings. The molecule has 1 heterocycles. The Morgan fingerprint density at radius 1 is 1.09 bits per heavy atom. The molecule has 1 aliphatic heterocycles. The highest BCUT2D eigenvalue weighted by Gasteiger charge is 2.14. The van der Waals surface area contributed by atoms with Crippen LogP contribution < -0.4 is 14.3 Å². The predicted octanol–water partition coefficient (Wildman–Crippen LogP) is 1.87. The normalized spacial score (nSPS) is 13.5. The van der Waals surface area contributed by atoms with Crippen LogP contribution in [0.2, 0.25) is 0 Å². The van der Waals surface area contributed by atoms with Crippen LogP contribution in [-0.4, -0.2) is 21.4 Å². The molecule has 0 amide bonds. The van der Waals surface area contributed by atoms with E-state index in [-0.39, 0.29) is 11.7 Å². The van der Waals surface area contributed by atoms with Crippen LogP contribution >= 0.6 is 0 Å². The van der Waals surface area contributed by atoms with Crippen molar-refractivity contribution in [3.05, 3.63) is 53.8 Å². The second kappa shape index (κ2) is 5.64. The number of ether oxygens (including phenoxy) is 2. The van der Waals surface area contributed by atoms with E-state index >= 15 is 0 Å². The number of fused-ring (bicyclic) bond motifs is 1. The molecule has 0 saturated carbocycles. The Kier molecular flexibility index (Phi) is 3.68. The van der Waals surface area contributed by atoms with Gasteiger partial charge in [0.1, 0.15) is 5.82 Å². The zero-order valence-corrected chi connectivity index (χ0v) is 12.0. The van der Waals surface area contributed by atoms with Crippen LogP contribution in [0, 0.1) is 5.82 Å². The molecule has 0 saturated heterocycles. The molecule has 0 radical (unpaired) electrons. The minimum absolute atomic E-state index is 0.0725. The lowest BCUT2D eigenvalue weighted by molar-refractivity contribution is 0.174. The Bertz CT molecular complexity index is 819. The van der Waals surface area contributed by atoms with E-state index in [0.29, 0.717) is 17.1 Å². The maximum absolute atomic E-state index is 12.8. The minimum atomic E-state index is -3.83. The third-order valence-corrected chi connectivity index (χ3v) is 4.15. The summed E-state index contributed by atoms with van der Waals surface area (Å²) in [5.74, 6) is 0.692. The van der Waals surface area contributed by atoms with Crippen molar-refractivity contribution in [1.82, 2.24) is 4.83 Å². The van der Waals surface area contributed by atoms with Crippen LogP contribution in [0.4, 0.5) is 4.39 Å². The molecule has 0 spiro atoms. The summed E-state index contributed by atoms with van der Waals surface area (Å²) in [5, 5.41) is 3.68. The number of sulfonamides is 1. The Morgan fingerprint density at radius 2 is 1.82 bits per heavy atom. The van der Waals surface area contributed by atoms with Gasteiger partial charge >= 0.3 is 0 Å². The molecule has 6 nitrogen and oxygen atoms in total. The molecule has 114 valence electrons. The quantitative estimate of drug-likeness (QED) is 0.688. The molecular weight excluding hydrogens is 311 g/mol. The van der Waals surface area contributed by atoms with Gasteiger partial charge in [-0.2, -0.15) is 13.5 Å². The first kappa shape index (κ1) is 14.3. The predicted molar refractivity (Wildman–Crippen MR) is 76.9 cm³/mol. The Morgan fingerprint density at radius 3 is 2.59 bits per heavy atom. The maximum Gasteiger partial charge on any atom is 0.276 e. The fourth-order valence-electron chi connectivity index (χ4n) is 1.83. The van der Waals surface area contributed by atoms with E-state index in [1.54, 1.807) is 18.2 Å². The van der Waals surface area contributed by atoms with Gasteiger partial charge in [-0.25, -0.2) is 9.22 Å². The van der Waals surface area contributed by atoms with E-state index in [2.05, 4.69) is 9.93 Å². The first-order valence-corrected chi connectivity index (χ1v) is 7.73. The zero-order chi connectivity index (χ0) is 15.6. The summed E-state index contributed by atoms with van der Waals surface area (Å²) in [7, 11) is -3.83. The molecule has 0 fully saturated rings. The van der Waals surface area contributed by atoms with Gasteiger partial charge in [-0.05, 0) is 48.0 Å². The van der Waals surface area contributed by atoms with Gasteiger partial charge < -0.3 is 9.47 Å². The highest BCUT2D eigenvalue weighted by molar-refractivity contribution is 7.89. The molecule has 3 rings (SSSR count). The second-order valence-corrected chi connectivity index (χ2v) is 6.08. The Balaban J connectivity index is 1.72. The van der Waals surface area contributed by atoms with E-state index in [1.807, 2.05) is 0 Å². The van der Waals surface area contributed by atoms with Crippen molar-refractivity contribution in [2.24, 2.45) is 5.10 Å². The SMILES string of the molecule is O=S(=O)(N/N=C\c1ccc2c(c1)OCO2)c1ccc(F)cc1. The minimum Gasteiger partial charge on any atom is -0.454 e. The van der Waals surface area contributed by atoms with Crippen molar-refractivity contribution in [2.75, 3.05) is 6.79 Å². The zero-order valence-electron chi connectivity index (χ0n) is 11.2. The average Bonchev–Trinajstić information content (AvgIpc) is 2.95. The second-order valence-electron chi connectivity index (χ2n) is 4.42. The van der Waals surface area contributed by atoms with E-state index in [1.165, 1.54) is 6.21 Å². The summed E-state index contributed by atoms with van der Waals surface area (Å²) < 4.78 is 47.0. The summed E-state index contributed by atoms with van der Waals surface area (Å²) >= 11 is 0. The summed E-state index contributed by atoms with van der Waals surface area (Å²) in [6.45, 7) is 0.160. The fourth-order valence-corrected chi connectivity index (χ4v) is 2.62. The lowest BCUT2D eigenvalue weighted by Gasteiger charge is -2.03. The van der Waals surface area contributed by atoms with Crippen LogP contribution in [0.15, 0.2) is 52.5 Å². The molecule has 0 atom stereocenters. The van der Waals surface area contributed by atoms with Gasteiger partial charge in [0.2, 0.25) is 6.79 Å². The van der Waals surface area contributed by atoms with Gasteiger partial charge in [-0.1, -0.05) is 0 Å². The van der Waals surface area contributed by atoms with E-state index < -0.39 is 15.8 Å². The van der Waals surface area contributed by atoms with Crippen molar-refractivity contribution in [2.45, 2.75) is 4.90 Å². The first-order valence-electron chi connectivity index (χ1n) is 6.25. The topological polar surface area (TPSA) is 77.0 Å². The van der Waals surface area contributed by atoms with Gasteiger partial charge in [-0.3, -0.25) is 0 Å². The third-order valence-electron chi connectivity index (χ3n) is 2.91. The molecule has 0 unspecified atom stereocenters. The van der Waals surface area contributed by atoms with Crippen LogP contribution in [0.3, 0.4) is 0 Å². The van der Waals surface area contributed by atoms with E-state index in [0.717, 1.165) is 24.3 Å². The van der Waals surface area contributed by atoms with Crippen LogP contribution in [0.5, 0.6) is 11.5 Å². The summed E-state index contributed by atoms with van der Waals surface area (Å²) in [5.41, 5.74) is 0.644. The highest BCUT2D eigenvalue weighted by Crippen LogP contribution is 2.31. The van der Waals surface area contributed by atoms with Gasteiger partial charge in [0.25, 0.3) is 10.0 Å². The molecular formula is C14H11FN2O4S. The van der Waals surface area contributed by atoms with Gasteiger partial charge in [0, 0.05) is 0 Å². The largest absolute Gasteiger partial charge is 0.454 e. The maximum atomic E-state index is 12.8. The summed E-state index contributed by atoms with van der Waals surface area (Å²) in [6, 6.07) is 9.55. The van der Waals surface area contributed by atoms with Gasteiger partial charge in [0.15, 0.2) is 11.5 Å². The van der Waals surface area contributed by atoms with Crippen LogP contribution in [-0.2, 0) is 10.0 Å². The number of hydrogen-bond acceptors (Lipinski definition) is 5. The molecule has 8 heteroatoms. The summed E-state index contributed by atoms with van der Waals surface area (Å²) in [6.07, 6.45) is 1.34. The average molecular weight is 322 g/mol. The molecule has 2 aromatic carbocycles. The van der Waals surface area contributed by atoms with Gasteiger partial charge in [0.05, 0.1) is 11.1 Å². The van der Waals surface area contributed by atoms with Crippen molar-refractivity contribution in [3.63, 3.8) is 0 Å². The highest BCUT2D eigenvalue weighted by atomic mass is 32.2. The Labute approximate surface area is 126 Å². The number of halogens is 1. The molecule has 1 N–H and O–H groups in total. The number of rotatable bonds is 4. The molecule has 0 aromatic heterocycles. The lowest BCUT2D eigenvalue weighted by atomic mass is 10.2. The van der Waals surface area contributed by atoms with Crippen LogP contribution in [0.25, 0.3) is 0 Å². The smallest absolute Gasteiger partial charge is 0.276 e. The third kappa shape index (κ3) is 3.01. The molecule has 2 aromatic rings. The molecule has 22 heavy (non-hydrogen) atoms. The monoisotopic (exact) mass is 322 g/mol. The van der Waals surface area contributed by atoms with E-state index in [9.17, 15) is 12.8 Å². The van der Waals surface area contributed by atoms with Crippen LogP contribution in [0.1, 0.15) is 5.56 Å². The van der Waals surface area contributed by atoms with Crippen molar-refractivity contribution >= 4 is 16.2 Å². The first-order chi connectivity index (χ1) is 10.5. The standard InChI is InChI=1S/C14H11FN2O4S/c15-11-2-4-12(5-3-11)22(18,19)17-16-8-10-1-6-13-14(7-10)21-9-20-13/h1-8,17H,9H2/b16-8-. The van der Waals surface area contributed by atoms with E-state index in [4.69, 9.17) is 9.47 Å². The number of nitrogens with one attached hydrogen (secondary N) is 1. The number of benzene rings is 2.